The molecule has 0 N–H and O–H groups in total. The number of carbonyl (C=O) groups is 2. The fourth-order valence-electron chi connectivity index (χ4n) is 4.85. The van der Waals surface area contributed by atoms with Gasteiger partial charge in [-0.2, -0.15) is 5.26 Å². The van der Waals surface area contributed by atoms with Gasteiger partial charge in [-0.05, 0) is 37.0 Å². The third kappa shape index (κ3) is 3.37. The first-order valence-corrected chi connectivity index (χ1v) is 9.97. The summed E-state index contributed by atoms with van der Waals surface area (Å²) in [5.41, 5.74) is 0.799. The first-order chi connectivity index (χ1) is 13.5. The number of fused-ring (bicyclic) bond motifs is 2. The van der Waals surface area contributed by atoms with Gasteiger partial charge in [-0.15, -0.1) is 0 Å². The van der Waals surface area contributed by atoms with Crippen LogP contribution >= 0.6 is 0 Å². The van der Waals surface area contributed by atoms with Crippen LogP contribution in [-0.2, 0) is 16.1 Å². The van der Waals surface area contributed by atoms with Crippen LogP contribution in [0.2, 0.25) is 0 Å². The number of hydrogen-bond acceptors (Lipinski definition) is 4. The summed E-state index contributed by atoms with van der Waals surface area (Å²) in [5.74, 6) is -0.453. The average molecular weight is 384 g/mol. The number of carbonyl (C=O) groups excluding carboxylic acids is 2. The Bertz CT molecular complexity index is 823. The number of halogens is 1. The van der Waals surface area contributed by atoms with E-state index < -0.39 is 0 Å². The van der Waals surface area contributed by atoms with E-state index in [1.807, 2.05) is 17.9 Å². The van der Waals surface area contributed by atoms with Crippen molar-refractivity contribution in [3.05, 3.63) is 35.6 Å². The highest BCUT2D eigenvalue weighted by atomic mass is 19.1. The summed E-state index contributed by atoms with van der Waals surface area (Å²) in [5, 5.41) is 9.21. The van der Waals surface area contributed by atoms with Crippen LogP contribution in [0.4, 0.5) is 4.39 Å². The Morgan fingerprint density at radius 2 is 2.25 bits per heavy atom. The van der Waals surface area contributed by atoms with Crippen LogP contribution in [0.5, 0.6) is 0 Å². The van der Waals surface area contributed by atoms with E-state index in [-0.39, 0.29) is 41.7 Å². The minimum absolute atomic E-state index is 0.0101. The minimum Gasteiger partial charge on any atom is -0.333 e. The Labute approximate surface area is 164 Å². The highest BCUT2D eigenvalue weighted by Crippen LogP contribution is 2.34. The molecule has 3 saturated heterocycles. The smallest absolute Gasteiger partial charge is 0.240 e. The maximum Gasteiger partial charge on any atom is 0.240 e. The van der Waals surface area contributed by atoms with Crippen molar-refractivity contribution in [2.24, 2.45) is 5.92 Å². The van der Waals surface area contributed by atoms with E-state index >= 15 is 0 Å². The van der Waals surface area contributed by atoms with Crippen LogP contribution in [0.25, 0.3) is 0 Å². The summed E-state index contributed by atoms with van der Waals surface area (Å²) in [4.78, 5) is 31.2. The van der Waals surface area contributed by atoms with Crippen molar-refractivity contribution in [2.75, 3.05) is 19.6 Å². The second kappa shape index (κ2) is 7.51. The van der Waals surface area contributed by atoms with Crippen LogP contribution in [0.3, 0.4) is 0 Å². The molecular weight excluding hydrogens is 359 g/mol. The zero-order chi connectivity index (χ0) is 19.8. The van der Waals surface area contributed by atoms with E-state index in [1.54, 1.807) is 11.0 Å². The Morgan fingerprint density at radius 3 is 2.96 bits per heavy atom. The van der Waals surface area contributed by atoms with Gasteiger partial charge in [0.1, 0.15) is 11.9 Å². The normalized spacial score (nSPS) is 28.0. The van der Waals surface area contributed by atoms with E-state index in [0.29, 0.717) is 19.6 Å². The maximum atomic E-state index is 13.4. The van der Waals surface area contributed by atoms with E-state index in [2.05, 4.69) is 11.0 Å². The minimum atomic E-state index is -0.312. The SMILES string of the molecule is C[C@@H](CN1C[C@H]2C[C@@H]1C(=O)N2Cc1cccc(F)c1)C(=O)N1CCC[C@H]1C#N. The first-order valence-electron chi connectivity index (χ1n) is 9.97. The highest BCUT2D eigenvalue weighted by Gasteiger charge is 2.49. The molecule has 3 aliphatic heterocycles. The molecule has 2 bridgehead atoms. The molecule has 1 aromatic rings. The third-order valence-electron chi connectivity index (χ3n) is 6.25. The van der Waals surface area contributed by atoms with Gasteiger partial charge < -0.3 is 9.80 Å². The van der Waals surface area contributed by atoms with E-state index in [4.69, 9.17) is 0 Å². The summed E-state index contributed by atoms with van der Waals surface area (Å²) < 4.78 is 13.4. The average Bonchev–Trinajstić information content (AvgIpc) is 3.37. The Balaban J connectivity index is 1.36. The van der Waals surface area contributed by atoms with Gasteiger partial charge in [0.2, 0.25) is 11.8 Å². The van der Waals surface area contributed by atoms with Gasteiger partial charge in [0, 0.05) is 38.1 Å². The van der Waals surface area contributed by atoms with Gasteiger partial charge in [0.15, 0.2) is 0 Å². The predicted octanol–water partition coefficient (Wildman–Crippen LogP) is 1.76. The van der Waals surface area contributed by atoms with Crippen molar-refractivity contribution in [3.8, 4) is 6.07 Å². The zero-order valence-electron chi connectivity index (χ0n) is 16.1. The monoisotopic (exact) mass is 384 g/mol. The van der Waals surface area contributed by atoms with Gasteiger partial charge in [0.25, 0.3) is 0 Å². The largest absolute Gasteiger partial charge is 0.333 e. The fourth-order valence-corrected chi connectivity index (χ4v) is 4.85. The fraction of sp³-hybridized carbons (Fsp3) is 0.571. The van der Waals surface area contributed by atoms with Crippen molar-refractivity contribution in [1.82, 2.24) is 14.7 Å². The van der Waals surface area contributed by atoms with Gasteiger partial charge in [0.05, 0.1) is 12.1 Å². The van der Waals surface area contributed by atoms with Crippen LogP contribution < -0.4 is 0 Å². The number of nitriles is 1. The number of hydrogen-bond donors (Lipinski definition) is 0. The summed E-state index contributed by atoms with van der Waals surface area (Å²) in [7, 11) is 0. The van der Waals surface area contributed by atoms with Crippen LogP contribution in [0.1, 0.15) is 31.7 Å². The molecule has 0 aromatic heterocycles. The highest BCUT2D eigenvalue weighted by molar-refractivity contribution is 5.86. The molecule has 3 heterocycles. The number of likely N-dealkylation sites (tertiary alicyclic amines) is 3. The molecule has 6 nitrogen and oxygen atoms in total. The molecule has 4 rings (SSSR count). The third-order valence-corrected chi connectivity index (χ3v) is 6.25. The molecule has 1 aromatic carbocycles. The molecule has 3 fully saturated rings. The Morgan fingerprint density at radius 1 is 1.43 bits per heavy atom. The van der Waals surface area contributed by atoms with Crippen molar-refractivity contribution in [2.45, 2.75) is 50.9 Å². The second-order valence-electron chi connectivity index (χ2n) is 8.18. The van der Waals surface area contributed by atoms with E-state index in [1.165, 1.54) is 12.1 Å². The van der Waals surface area contributed by atoms with Crippen molar-refractivity contribution in [1.29, 1.82) is 5.26 Å². The summed E-state index contributed by atoms with van der Waals surface area (Å²) in [6, 6.07) is 8.19. The summed E-state index contributed by atoms with van der Waals surface area (Å²) in [6.07, 6.45) is 2.38. The first kappa shape index (κ1) is 18.9. The zero-order valence-corrected chi connectivity index (χ0v) is 16.1. The molecule has 0 saturated carbocycles. The van der Waals surface area contributed by atoms with Crippen molar-refractivity contribution < 1.29 is 14.0 Å². The lowest BCUT2D eigenvalue weighted by atomic mass is 10.1. The number of benzene rings is 1. The Hall–Kier alpha value is -2.46. The van der Waals surface area contributed by atoms with Crippen LogP contribution in [-0.4, -0.2) is 64.3 Å². The number of amides is 2. The van der Waals surface area contributed by atoms with E-state index in [0.717, 1.165) is 31.4 Å². The molecule has 2 amide bonds. The second-order valence-corrected chi connectivity index (χ2v) is 8.18. The Kier molecular flexibility index (Phi) is 5.07. The van der Waals surface area contributed by atoms with Gasteiger partial charge in [-0.3, -0.25) is 14.5 Å². The van der Waals surface area contributed by atoms with Gasteiger partial charge in [-0.25, -0.2) is 4.39 Å². The van der Waals surface area contributed by atoms with Crippen molar-refractivity contribution >= 4 is 11.8 Å². The molecule has 0 unspecified atom stereocenters. The van der Waals surface area contributed by atoms with E-state index in [9.17, 15) is 19.2 Å². The molecule has 0 aliphatic carbocycles. The van der Waals surface area contributed by atoms with Crippen molar-refractivity contribution in [3.63, 3.8) is 0 Å². The molecule has 3 aliphatic rings. The van der Waals surface area contributed by atoms with Gasteiger partial charge in [-0.1, -0.05) is 19.1 Å². The summed E-state index contributed by atoms with van der Waals surface area (Å²) >= 11 is 0. The molecule has 148 valence electrons. The molecule has 4 atom stereocenters. The molecule has 7 heteroatoms. The topological polar surface area (TPSA) is 67.7 Å². The standard InChI is InChI=1S/C21H25FN4O2/c1-14(20(27)25-7-3-6-17(25)10-23)11-24-13-18-9-19(24)21(28)26(18)12-15-4-2-5-16(22)8-15/h2,4-5,8,14,17-19H,3,6-7,9,11-13H2,1H3/t14-,17-,18+,19+/m0/s1. The summed E-state index contributed by atoms with van der Waals surface area (Å²) in [6.45, 7) is 4.24. The molecule has 28 heavy (non-hydrogen) atoms. The lowest BCUT2D eigenvalue weighted by Gasteiger charge is -2.35. The quantitative estimate of drug-likeness (QED) is 0.776. The number of nitrogens with zero attached hydrogens (tertiary/aromatic N) is 4. The molecule has 0 spiro atoms. The van der Waals surface area contributed by atoms with Crippen LogP contribution in [0.15, 0.2) is 24.3 Å². The molecular formula is C21H25FN4O2. The number of rotatable bonds is 5. The maximum absolute atomic E-state index is 13.4. The molecule has 0 radical (unpaired) electrons. The predicted molar refractivity (Wildman–Crippen MR) is 100 cm³/mol. The number of piperazine rings is 1. The lowest BCUT2D eigenvalue weighted by molar-refractivity contribution is -0.140. The van der Waals surface area contributed by atoms with Gasteiger partial charge >= 0.3 is 0 Å². The lowest BCUT2D eigenvalue weighted by Crippen LogP contribution is -2.52. The van der Waals surface area contributed by atoms with Crippen LogP contribution in [0, 0.1) is 23.1 Å².